The van der Waals surface area contributed by atoms with Gasteiger partial charge in [-0.15, -0.1) is 11.3 Å². The lowest BCUT2D eigenvalue weighted by atomic mass is 9.97. The Bertz CT molecular complexity index is 824. The summed E-state index contributed by atoms with van der Waals surface area (Å²) in [6.45, 7) is 6.92. The fourth-order valence-electron chi connectivity index (χ4n) is 3.09. The van der Waals surface area contributed by atoms with Crippen LogP contribution in [0.4, 0.5) is 0 Å². The number of halogens is 1. The minimum absolute atomic E-state index is 0.00686. The zero-order valence-corrected chi connectivity index (χ0v) is 18.2. The molecule has 0 spiro atoms. The van der Waals surface area contributed by atoms with Gasteiger partial charge in [0.1, 0.15) is 0 Å². The van der Waals surface area contributed by atoms with Crippen LogP contribution in [0.1, 0.15) is 44.5 Å². The lowest BCUT2D eigenvalue weighted by molar-refractivity contribution is -0.143. The average Bonchev–Trinajstić information content (AvgIpc) is 3.16. The number of oxime groups is 1. The van der Waals surface area contributed by atoms with Crippen LogP contribution in [0.2, 0.25) is 0 Å². The highest BCUT2D eigenvalue weighted by Gasteiger charge is 2.29. The topological polar surface area (TPSA) is 54.8 Å². The summed E-state index contributed by atoms with van der Waals surface area (Å²) in [5.74, 6) is 0.416. The van der Waals surface area contributed by atoms with Gasteiger partial charge in [0.05, 0.1) is 16.4 Å². The summed E-state index contributed by atoms with van der Waals surface area (Å²) < 4.78 is 1.06. The van der Waals surface area contributed by atoms with E-state index in [-0.39, 0.29) is 5.91 Å². The van der Waals surface area contributed by atoms with Gasteiger partial charge in [0.2, 0.25) is 6.10 Å². The van der Waals surface area contributed by atoms with E-state index in [2.05, 4.69) is 38.6 Å². The smallest absolute Gasteiger partial charge is 0.266 e. The molecule has 27 heavy (non-hydrogen) atoms. The minimum Gasteiger partial charge on any atom is -0.383 e. The summed E-state index contributed by atoms with van der Waals surface area (Å²) in [6, 6.07) is 8.20. The largest absolute Gasteiger partial charge is 0.383 e. The van der Waals surface area contributed by atoms with E-state index in [0.29, 0.717) is 5.92 Å². The van der Waals surface area contributed by atoms with E-state index in [0.717, 1.165) is 52.4 Å². The van der Waals surface area contributed by atoms with Crippen molar-refractivity contribution in [3.8, 4) is 11.3 Å². The summed E-state index contributed by atoms with van der Waals surface area (Å²) >= 11 is 5.23. The van der Waals surface area contributed by atoms with Crippen molar-refractivity contribution in [3.63, 3.8) is 0 Å². The van der Waals surface area contributed by atoms with Crippen LogP contribution in [-0.2, 0) is 9.63 Å². The Kier molecular flexibility index (Phi) is 6.65. The van der Waals surface area contributed by atoms with Crippen LogP contribution in [0, 0.1) is 0 Å². The molecule has 0 aliphatic carbocycles. The maximum Gasteiger partial charge on any atom is 0.266 e. The molecule has 0 radical (unpaired) electrons. The molecule has 1 fully saturated rings. The molecule has 1 saturated heterocycles. The van der Waals surface area contributed by atoms with Gasteiger partial charge in [-0.25, -0.2) is 4.98 Å². The molecule has 2 aromatic rings. The highest BCUT2D eigenvalue weighted by atomic mass is 79.9. The maximum absolute atomic E-state index is 12.5. The molecule has 1 aromatic heterocycles. The van der Waals surface area contributed by atoms with Crippen LogP contribution in [0.3, 0.4) is 0 Å². The zero-order chi connectivity index (χ0) is 19.4. The summed E-state index contributed by atoms with van der Waals surface area (Å²) in [6.07, 6.45) is 1.32. The third-order valence-corrected chi connectivity index (χ3v) is 6.04. The lowest BCUT2D eigenvalue weighted by Crippen LogP contribution is -2.43. The lowest BCUT2D eigenvalue weighted by Gasteiger charge is -2.32. The van der Waals surface area contributed by atoms with E-state index in [4.69, 9.17) is 9.82 Å². The van der Waals surface area contributed by atoms with Gasteiger partial charge >= 0.3 is 0 Å². The van der Waals surface area contributed by atoms with Gasteiger partial charge in [0.25, 0.3) is 5.91 Å². The van der Waals surface area contributed by atoms with Gasteiger partial charge in [-0.3, -0.25) is 4.79 Å². The molecule has 0 N–H and O–H groups in total. The molecule has 7 heteroatoms. The molecule has 1 aliphatic heterocycles. The second kappa shape index (κ2) is 8.97. The first kappa shape index (κ1) is 20.0. The van der Waals surface area contributed by atoms with Crippen molar-refractivity contribution in [1.82, 2.24) is 9.88 Å². The Morgan fingerprint density at radius 1 is 1.37 bits per heavy atom. The van der Waals surface area contributed by atoms with Gasteiger partial charge in [0.15, 0.2) is 0 Å². The van der Waals surface area contributed by atoms with E-state index in [9.17, 15) is 4.79 Å². The van der Waals surface area contributed by atoms with Gasteiger partial charge < -0.3 is 9.74 Å². The normalized spacial score (nSPS) is 16.1. The van der Waals surface area contributed by atoms with Crippen molar-refractivity contribution < 1.29 is 9.63 Å². The van der Waals surface area contributed by atoms with E-state index in [1.807, 2.05) is 30.9 Å². The monoisotopic (exact) mass is 449 g/mol. The van der Waals surface area contributed by atoms with Gasteiger partial charge in [-0.1, -0.05) is 33.2 Å². The summed E-state index contributed by atoms with van der Waals surface area (Å²) in [7, 11) is 0. The van der Waals surface area contributed by atoms with Crippen LogP contribution in [0.25, 0.3) is 11.3 Å². The van der Waals surface area contributed by atoms with Crippen molar-refractivity contribution in [2.75, 3.05) is 13.1 Å². The number of rotatable bonds is 5. The van der Waals surface area contributed by atoms with Gasteiger partial charge in [-0.2, -0.15) is 0 Å². The van der Waals surface area contributed by atoms with Crippen molar-refractivity contribution in [1.29, 1.82) is 0 Å². The summed E-state index contributed by atoms with van der Waals surface area (Å²) in [5, 5.41) is 7.18. The van der Waals surface area contributed by atoms with Crippen molar-refractivity contribution >= 4 is 38.9 Å². The molecule has 0 saturated carbocycles. The first-order chi connectivity index (χ1) is 12.9. The number of amides is 1. The Morgan fingerprint density at radius 2 is 2.11 bits per heavy atom. The van der Waals surface area contributed by atoms with Crippen molar-refractivity contribution in [3.05, 3.63) is 39.1 Å². The fraction of sp³-hybridized carbons (Fsp3) is 0.450. The minimum atomic E-state index is -0.542. The Hall–Kier alpha value is -1.73. The van der Waals surface area contributed by atoms with Crippen molar-refractivity contribution in [2.45, 2.75) is 45.6 Å². The van der Waals surface area contributed by atoms with E-state index in [1.165, 1.54) is 0 Å². The Balaban J connectivity index is 1.58. The number of likely N-dealkylation sites (tertiary alicyclic amines) is 1. The molecule has 1 unspecified atom stereocenters. The second-order valence-electron chi connectivity index (χ2n) is 6.97. The van der Waals surface area contributed by atoms with E-state index in [1.54, 1.807) is 18.3 Å². The Morgan fingerprint density at radius 3 is 2.78 bits per heavy atom. The molecular weight excluding hydrogens is 426 g/mol. The zero-order valence-electron chi connectivity index (χ0n) is 15.8. The number of hydrogen-bond acceptors (Lipinski definition) is 5. The number of thiazole rings is 1. The van der Waals surface area contributed by atoms with Crippen LogP contribution < -0.4 is 0 Å². The quantitative estimate of drug-likeness (QED) is 0.472. The molecule has 1 amide bonds. The highest BCUT2D eigenvalue weighted by molar-refractivity contribution is 9.10. The molecule has 2 heterocycles. The van der Waals surface area contributed by atoms with Crippen molar-refractivity contribution in [2.24, 2.45) is 5.16 Å². The second-order valence-corrected chi connectivity index (χ2v) is 8.77. The first-order valence-electron chi connectivity index (χ1n) is 9.11. The molecule has 1 atom stereocenters. The SMILES string of the molecule is CC(C)=NOC(C)C(=O)N1CCC(c2nc(-c3cccc(Br)c3)cs2)CC1. The summed E-state index contributed by atoms with van der Waals surface area (Å²) in [5.41, 5.74) is 2.94. The third-order valence-electron chi connectivity index (χ3n) is 4.54. The van der Waals surface area contributed by atoms with Crippen LogP contribution >= 0.6 is 27.3 Å². The maximum atomic E-state index is 12.5. The predicted octanol–water partition coefficient (Wildman–Crippen LogP) is 5.08. The Labute approximate surface area is 172 Å². The summed E-state index contributed by atoms with van der Waals surface area (Å²) in [4.78, 5) is 24.5. The van der Waals surface area contributed by atoms with Gasteiger partial charge in [-0.05, 0) is 45.7 Å². The number of aromatic nitrogens is 1. The number of carbonyl (C=O) groups is 1. The molecule has 3 rings (SSSR count). The van der Waals surface area contributed by atoms with Gasteiger partial charge in [0, 0.05) is 34.4 Å². The van der Waals surface area contributed by atoms with Crippen LogP contribution in [0.5, 0.6) is 0 Å². The predicted molar refractivity (Wildman–Crippen MR) is 113 cm³/mol. The number of hydrogen-bond donors (Lipinski definition) is 0. The molecule has 144 valence electrons. The third kappa shape index (κ3) is 5.17. The molecule has 5 nitrogen and oxygen atoms in total. The number of nitrogens with zero attached hydrogens (tertiary/aromatic N) is 3. The van der Waals surface area contributed by atoms with Crippen LogP contribution in [0.15, 0.2) is 39.3 Å². The molecule has 1 aromatic carbocycles. The number of benzene rings is 1. The molecule has 0 bridgehead atoms. The first-order valence-corrected chi connectivity index (χ1v) is 10.8. The number of carbonyl (C=O) groups excluding carboxylic acids is 1. The van der Waals surface area contributed by atoms with E-state index >= 15 is 0 Å². The average molecular weight is 450 g/mol. The number of piperidine rings is 1. The standard InChI is InChI=1S/C20H24BrN3O2S/c1-13(2)23-26-14(3)20(25)24-9-7-15(8-10-24)19-22-18(12-27-19)16-5-4-6-17(21)11-16/h4-6,11-12,14-15H,7-10H2,1-3H3. The van der Waals surface area contributed by atoms with Crippen LogP contribution in [-0.4, -0.2) is 40.7 Å². The fourth-order valence-corrected chi connectivity index (χ4v) is 4.49. The van der Waals surface area contributed by atoms with E-state index < -0.39 is 6.10 Å². The molecule has 1 aliphatic rings. The highest BCUT2D eigenvalue weighted by Crippen LogP contribution is 2.33. The molecular formula is C20H24BrN3O2S.